The number of sulfonamides is 1. The van der Waals surface area contributed by atoms with Crippen molar-refractivity contribution >= 4 is 37.5 Å². The number of carbonyl (C=O) groups is 1. The summed E-state index contributed by atoms with van der Waals surface area (Å²) in [6.07, 6.45) is 1.23. The molecule has 8 nitrogen and oxygen atoms in total. The van der Waals surface area contributed by atoms with Gasteiger partial charge in [-0.1, -0.05) is 29.5 Å². The van der Waals surface area contributed by atoms with Gasteiger partial charge in [0, 0.05) is 26.2 Å². The quantitative estimate of drug-likeness (QED) is 0.404. The number of piperidine rings is 1. The summed E-state index contributed by atoms with van der Waals surface area (Å²) >= 11 is 1.43. The maximum Gasteiger partial charge on any atom is 0.252 e. The first-order valence-corrected chi connectivity index (χ1v) is 14.2. The van der Waals surface area contributed by atoms with Crippen molar-refractivity contribution in [1.29, 1.82) is 0 Å². The molecule has 1 saturated heterocycles. The minimum Gasteiger partial charge on any atom is -0.494 e. The average Bonchev–Trinajstić information content (AvgIpc) is 3.21. The van der Waals surface area contributed by atoms with Crippen molar-refractivity contribution in [2.75, 3.05) is 32.9 Å². The van der Waals surface area contributed by atoms with Crippen LogP contribution in [0.2, 0.25) is 0 Å². The summed E-state index contributed by atoms with van der Waals surface area (Å²) in [4.78, 5) is 18.6. The van der Waals surface area contributed by atoms with Crippen LogP contribution in [0.25, 0.3) is 10.2 Å². The molecular formula is C25H31N3O5S2. The first kappa shape index (κ1) is 25.6. The highest BCUT2D eigenvalue weighted by Gasteiger charge is 2.33. The molecule has 1 unspecified atom stereocenters. The van der Waals surface area contributed by atoms with E-state index in [-0.39, 0.29) is 17.3 Å². The topological polar surface area (TPSA) is 90.2 Å². The van der Waals surface area contributed by atoms with Crippen LogP contribution in [0.4, 0.5) is 0 Å². The smallest absolute Gasteiger partial charge is 0.252 e. The van der Waals surface area contributed by atoms with Crippen molar-refractivity contribution in [3.8, 4) is 5.75 Å². The lowest BCUT2D eigenvalue weighted by Gasteiger charge is -2.30. The minimum atomic E-state index is -3.65. The summed E-state index contributed by atoms with van der Waals surface area (Å²) < 4.78 is 41.7. The second-order valence-corrected chi connectivity index (χ2v) is 11.2. The lowest BCUT2D eigenvalue weighted by Crippen LogP contribution is -2.42. The highest BCUT2D eigenvalue weighted by Crippen LogP contribution is 2.26. The predicted molar refractivity (Wildman–Crippen MR) is 136 cm³/mol. The van der Waals surface area contributed by atoms with E-state index >= 15 is 0 Å². The SMILES string of the molecule is CCOCCn1c(=NC(=O)C2CCCN(S(=O)(=O)c3ccccc3)C2)sc2cc(OCC)ccc21. The maximum atomic E-state index is 13.3. The molecular weight excluding hydrogens is 486 g/mol. The zero-order chi connectivity index (χ0) is 24.8. The monoisotopic (exact) mass is 517 g/mol. The molecule has 1 aromatic heterocycles. The number of benzene rings is 2. The number of nitrogens with zero attached hydrogens (tertiary/aromatic N) is 3. The van der Waals surface area contributed by atoms with Crippen molar-refractivity contribution < 1.29 is 22.7 Å². The van der Waals surface area contributed by atoms with Gasteiger partial charge in [0.15, 0.2) is 4.80 Å². The largest absolute Gasteiger partial charge is 0.494 e. The zero-order valence-electron chi connectivity index (χ0n) is 20.1. The Bertz CT molecular complexity index is 1330. The van der Waals surface area contributed by atoms with Crippen molar-refractivity contribution in [3.05, 3.63) is 53.3 Å². The van der Waals surface area contributed by atoms with Gasteiger partial charge in [0.25, 0.3) is 5.91 Å². The first-order chi connectivity index (χ1) is 16.9. The van der Waals surface area contributed by atoms with E-state index < -0.39 is 15.9 Å². The fraction of sp³-hybridized carbons (Fsp3) is 0.440. The molecule has 10 heteroatoms. The number of hydrogen-bond acceptors (Lipinski definition) is 6. The number of thiazole rings is 1. The molecule has 1 atom stereocenters. The van der Waals surface area contributed by atoms with E-state index in [2.05, 4.69) is 4.99 Å². The number of ether oxygens (including phenoxy) is 2. The fourth-order valence-corrected chi connectivity index (χ4v) is 6.84. The number of hydrogen-bond donors (Lipinski definition) is 0. The molecule has 1 fully saturated rings. The van der Waals surface area contributed by atoms with E-state index in [0.29, 0.717) is 50.6 Å². The van der Waals surface area contributed by atoms with Gasteiger partial charge >= 0.3 is 0 Å². The Balaban J connectivity index is 1.62. The summed E-state index contributed by atoms with van der Waals surface area (Å²) in [6, 6.07) is 14.2. The molecule has 1 aliphatic rings. The first-order valence-electron chi connectivity index (χ1n) is 11.9. The lowest BCUT2D eigenvalue weighted by atomic mass is 9.99. The van der Waals surface area contributed by atoms with Gasteiger partial charge in [-0.2, -0.15) is 9.30 Å². The molecule has 2 aromatic carbocycles. The highest BCUT2D eigenvalue weighted by atomic mass is 32.2. The van der Waals surface area contributed by atoms with Crippen LogP contribution in [0.1, 0.15) is 26.7 Å². The van der Waals surface area contributed by atoms with Gasteiger partial charge in [-0.3, -0.25) is 4.79 Å². The summed E-state index contributed by atoms with van der Waals surface area (Å²) in [6.45, 7) is 6.66. The molecule has 2 heterocycles. The normalized spacial score (nSPS) is 17.7. The maximum absolute atomic E-state index is 13.3. The fourth-order valence-electron chi connectivity index (χ4n) is 4.20. The van der Waals surface area contributed by atoms with E-state index in [1.807, 2.05) is 36.6 Å². The Hall–Kier alpha value is -2.53. The summed E-state index contributed by atoms with van der Waals surface area (Å²) in [5.74, 6) is -0.00314. The van der Waals surface area contributed by atoms with Crippen molar-refractivity contribution in [1.82, 2.24) is 8.87 Å². The van der Waals surface area contributed by atoms with Gasteiger partial charge < -0.3 is 14.0 Å². The standard InChI is InChI=1S/C25H31N3O5S2/c1-3-32-16-15-28-22-13-12-20(33-4-2)17-23(22)34-25(28)26-24(29)19-9-8-14-27(18-19)35(30,31)21-10-6-5-7-11-21/h5-7,10-13,17,19H,3-4,8-9,14-16,18H2,1-2H3. The molecule has 4 rings (SSSR count). The molecule has 0 bridgehead atoms. The molecule has 0 spiro atoms. The average molecular weight is 518 g/mol. The van der Waals surface area contributed by atoms with Crippen LogP contribution in [0.5, 0.6) is 5.75 Å². The van der Waals surface area contributed by atoms with Gasteiger partial charge in [0.05, 0.1) is 34.2 Å². The van der Waals surface area contributed by atoms with Crippen molar-refractivity contribution in [2.24, 2.45) is 10.9 Å². The van der Waals surface area contributed by atoms with Crippen LogP contribution in [-0.4, -0.2) is 56.1 Å². The molecule has 0 radical (unpaired) electrons. The summed E-state index contributed by atoms with van der Waals surface area (Å²) in [7, 11) is -3.65. The molecule has 0 N–H and O–H groups in total. The number of carbonyl (C=O) groups excluding carboxylic acids is 1. The van der Waals surface area contributed by atoms with E-state index in [0.717, 1.165) is 16.0 Å². The van der Waals surface area contributed by atoms with E-state index in [9.17, 15) is 13.2 Å². The molecule has 35 heavy (non-hydrogen) atoms. The van der Waals surface area contributed by atoms with Gasteiger partial charge in [-0.15, -0.1) is 0 Å². The van der Waals surface area contributed by atoms with E-state index in [1.54, 1.807) is 30.3 Å². The Morgan fingerprint density at radius 1 is 1.14 bits per heavy atom. The Morgan fingerprint density at radius 2 is 1.94 bits per heavy atom. The number of fused-ring (bicyclic) bond motifs is 1. The number of aromatic nitrogens is 1. The predicted octanol–water partition coefficient (Wildman–Crippen LogP) is 3.67. The molecule has 1 aliphatic heterocycles. The van der Waals surface area contributed by atoms with E-state index in [1.165, 1.54) is 15.6 Å². The van der Waals surface area contributed by atoms with Crippen LogP contribution >= 0.6 is 11.3 Å². The van der Waals surface area contributed by atoms with Crippen LogP contribution < -0.4 is 9.54 Å². The lowest BCUT2D eigenvalue weighted by molar-refractivity contribution is -0.122. The van der Waals surface area contributed by atoms with Crippen molar-refractivity contribution in [3.63, 3.8) is 0 Å². The third kappa shape index (κ3) is 5.83. The van der Waals surface area contributed by atoms with Crippen molar-refractivity contribution in [2.45, 2.75) is 38.1 Å². The molecule has 1 amide bonds. The van der Waals surface area contributed by atoms with Gasteiger partial charge in [0.2, 0.25) is 10.0 Å². The summed E-state index contributed by atoms with van der Waals surface area (Å²) in [5.41, 5.74) is 0.960. The number of amides is 1. The molecule has 0 saturated carbocycles. The van der Waals surface area contributed by atoms with Gasteiger partial charge in [-0.25, -0.2) is 8.42 Å². The number of rotatable bonds is 9. The second-order valence-electron chi connectivity index (χ2n) is 8.26. The third-order valence-electron chi connectivity index (χ3n) is 5.95. The van der Waals surface area contributed by atoms with Crippen LogP contribution in [-0.2, 0) is 26.1 Å². The van der Waals surface area contributed by atoms with Gasteiger partial charge in [0.1, 0.15) is 5.75 Å². The Kier molecular flexibility index (Phi) is 8.38. The van der Waals surface area contributed by atoms with Crippen LogP contribution in [0, 0.1) is 5.92 Å². The molecule has 188 valence electrons. The molecule has 3 aromatic rings. The zero-order valence-corrected chi connectivity index (χ0v) is 21.7. The van der Waals surface area contributed by atoms with Crippen LogP contribution in [0.3, 0.4) is 0 Å². The minimum absolute atomic E-state index is 0.137. The molecule has 0 aliphatic carbocycles. The Morgan fingerprint density at radius 3 is 2.69 bits per heavy atom. The van der Waals surface area contributed by atoms with Crippen LogP contribution in [0.15, 0.2) is 58.4 Å². The Labute approximate surface area is 209 Å². The van der Waals surface area contributed by atoms with E-state index in [4.69, 9.17) is 9.47 Å². The third-order valence-corrected chi connectivity index (χ3v) is 8.87. The van der Waals surface area contributed by atoms with Gasteiger partial charge in [-0.05, 0) is 57.0 Å². The summed E-state index contributed by atoms with van der Waals surface area (Å²) in [5, 5.41) is 0. The highest BCUT2D eigenvalue weighted by molar-refractivity contribution is 7.89. The second kappa shape index (κ2) is 11.5.